The number of rotatable bonds is 6. The minimum atomic E-state index is -3.63. The Bertz CT molecular complexity index is 856. The lowest BCUT2D eigenvalue weighted by atomic mass is 10.1. The molecule has 1 atom stereocenters. The molecule has 0 spiro atoms. The summed E-state index contributed by atoms with van der Waals surface area (Å²) in [6.45, 7) is 1.33. The van der Waals surface area contributed by atoms with E-state index in [2.05, 4.69) is 4.72 Å². The van der Waals surface area contributed by atoms with Crippen LogP contribution < -0.4 is 4.72 Å². The van der Waals surface area contributed by atoms with E-state index in [-0.39, 0.29) is 23.3 Å². The summed E-state index contributed by atoms with van der Waals surface area (Å²) in [7, 11) is -3.63. The maximum Gasteiger partial charge on any atom is 0.240 e. The molecule has 1 fully saturated rings. The largest absolute Gasteiger partial charge is 0.338 e. The van der Waals surface area contributed by atoms with Gasteiger partial charge >= 0.3 is 0 Å². The second-order valence-electron chi connectivity index (χ2n) is 6.14. The summed E-state index contributed by atoms with van der Waals surface area (Å²) in [5, 5.41) is 0.368. The number of halogens is 1. The lowest BCUT2D eigenvalue weighted by Crippen LogP contribution is -2.31. The Labute approximate surface area is 152 Å². The van der Waals surface area contributed by atoms with E-state index in [1.165, 1.54) is 12.1 Å². The third kappa shape index (κ3) is 4.60. The normalized spacial score (nSPS) is 17.9. The summed E-state index contributed by atoms with van der Waals surface area (Å²) in [6, 6.07) is 15.9. The molecule has 0 saturated carbocycles. The molecule has 3 rings (SSSR count). The Kier molecular flexibility index (Phi) is 5.42. The Morgan fingerprint density at radius 3 is 2.60 bits per heavy atom. The highest BCUT2D eigenvalue weighted by molar-refractivity contribution is 7.89. The predicted octanol–water partition coefficient (Wildman–Crippen LogP) is 2.67. The van der Waals surface area contributed by atoms with E-state index in [4.69, 9.17) is 11.6 Å². The Morgan fingerprint density at radius 2 is 1.88 bits per heavy atom. The van der Waals surface area contributed by atoms with Gasteiger partial charge in [-0.2, -0.15) is 0 Å². The number of hydrogen-bond acceptors (Lipinski definition) is 3. The van der Waals surface area contributed by atoms with Gasteiger partial charge in [-0.05, 0) is 29.7 Å². The molecule has 1 unspecified atom stereocenters. The zero-order valence-corrected chi connectivity index (χ0v) is 15.1. The molecule has 0 bridgehead atoms. The molecule has 5 nitrogen and oxygen atoms in total. The fourth-order valence-electron chi connectivity index (χ4n) is 2.89. The average Bonchev–Trinajstić information content (AvgIpc) is 2.94. The Balaban J connectivity index is 1.58. The van der Waals surface area contributed by atoms with E-state index in [1.807, 2.05) is 30.3 Å². The summed E-state index contributed by atoms with van der Waals surface area (Å²) in [6.07, 6.45) is 0.352. The van der Waals surface area contributed by atoms with Crippen molar-refractivity contribution >= 4 is 27.5 Å². The first kappa shape index (κ1) is 17.9. The van der Waals surface area contributed by atoms with Gasteiger partial charge in [-0.1, -0.05) is 48.0 Å². The van der Waals surface area contributed by atoms with Crippen molar-refractivity contribution in [3.63, 3.8) is 0 Å². The van der Waals surface area contributed by atoms with Crippen molar-refractivity contribution in [1.29, 1.82) is 0 Å². The molecule has 0 radical (unpaired) electrons. The molecule has 2 aromatic rings. The topological polar surface area (TPSA) is 66.5 Å². The first-order valence-corrected chi connectivity index (χ1v) is 9.87. The van der Waals surface area contributed by atoms with Gasteiger partial charge in [0.05, 0.1) is 4.90 Å². The number of carbonyl (C=O) groups is 1. The van der Waals surface area contributed by atoms with Crippen molar-refractivity contribution in [3.05, 3.63) is 65.2 Å². The fourth-order valence-corrected chi connectivity index (χ4v) is 4.31. The van der Waals surface area contributed by atoms with Crippen LogP contribution >= 0.6 is 11.6 Å². The molecule has 1 amide bonds. The molecule has 7 heteroatoms. The maximum absolute atomic E-state index is 12.3. The van der Waals surface area contributed by atoms with Crippen LogP contribution in [0.5, 0.6) is 0 Å². The molecular weight excluding hydrogens is 360 g/mol. The van der Waals surface area contributed by atoms with Gasteiger partial charge in [0.2, 0.25) is 15.9 Å². The smallest absolute Gasteiger partial charge is 0.240 e. The predicted molar refractivity (Wildman–Crippen MR) is 96.6 cm³/mol. The molecule has 0 aromatic heterocycles. The maximum atomic E-state index is 12.3. The number of nitrogens with zero attached hydrogens (tertiary/aromatic N) is 1. The molecule has 2 aromatic carbocycles. The number of likely N-dealkylation sites (tertiary alicyclic amines) is 1. The van der Waals surface area contributed by atoms with Gasteiger partial charge in [0.1, 0.15) is 0 Å². The van der Waals surface area contributed by atoms with Crippen LogP contribution in [0.15, 0.2) is 59.5 Å². The van der Waals surface area contributed by atoms with Crippen LogP contribution in [0.4, 0.5) is 0 Å². The van der Waals surface area contributed by atoms with Gasteiger partial charge in [0, 0.05) is 31.1 Å². The molecule has 132 valence electrons. The van der Waals surface area contributed by atoms with Gasteiger partial charge in [-0.25, -0.2) is 13.1 Å². The third-order valence-electron chi connectivity index (χ3n) is 4.18. The molecule has 1 aliphatic heterocycles. The molecule has 1 N–H and O–H groups in total. The average molecular weight is 379 g/mol. The summed E-state index contributed by atoms with van der Waals surface area (Å²) in [4.78, 5) is 14.1. The molecule has 1 aliphatic rings. The van der Waals surface area contributed by atoms with E-state index < -0.39 is 10.0 Å². The zero-order valence-electron chi connectivity index (χ0n) is 13.6. The van der Waals surface area contributed by atoms with E-state index in [1.54, 1.807) is 17.0 Å². The van der Waals surface area contributed by atoms with E-state index in [0.717, 1.165) is 5.56 Å². The first-order chi connectivity index (χ1) is 11.9. The summed E-state index contributed by atoms with van der Waals surface area (Å²) in [5.74, 6) is 0.0148. The summed E-state index contributed by atoms with van der Waals surface area (Å²) >= 11 is 5.85. The minimum absolute atomic E-state index is 0.0369. The SMILES string of the molecule is O=C1CC(CNS(=O)(=O)c2cccc(Cl)c2)CN1Cc1ccccc1. The Morgan fingerprint density at radius 1 is 1.12 bits per heavy atom. The number of carbonyl (C=O) groups excluding carboxylic acids is 1. The second kappa shape index (κ2) is 7.56. The van der Waals surface area contributed by atoms with Gasteiger partial charge < -0.3 is 4.90 Å². The summed E-state index contributed by atoms with van der Waals surface area (Å²) < 4.78 is 27.2. The molecule has 25 heavy (non-hydrogen) atoms. The van der Waals surface area contributed by atoms with E-state index in [0.29, 0.717) is 24.5 Å². The lowest BCUT2D eigenvalue weighted by Gasteiger charge is -2.17. The number of hydrogen-bond donors (Lipinski definition) is 1. The van der Waals surface area contributed by atoms with Gasteiger partial charge in [-0.15, -0.1) is 0 Å². The van der Waals surface area contributed by atoms with Crippen LogP contribution in [0.25, 0.3) is 0 Å². The highest BCUT2D eigenvalue weighted by Gasteiger charge is 2.30. The highest BCUT2D eigenvalue weighted by Crippen LogP contribution is 2.21. The van der Waals surface area contributed by atoms with Crippen LogP contribution in [0.3, 0.4) is 0 Å². The number of nitrogens with one attached hydrogen (secondary N) is 1. The fraction of sp³-hybridized carbons (Fsp3) is 0.278. The quantitative estimate of drug-likeness (QED) is 0.840. The number of amides is 1. The van der Waals surface area contributed by atoms with Gasteiger partial charge in [-0.3, -0.25) is 4.79 Å². The van der Waals surface area contributed by atoms with Crippen LogP contribution in [-0.2, 0) is 21.4 Å². The van der Waals surface area contributed by atoms with Gasteiger partial charge in [0.25, 0.3) is 0 Å². The number of sulfonamides is 1. The van der Waals surface area contributed by atoms with Gasteiger partial charge in [0.15, 0.2) is 0 Å². The zero-order chi connectivity index (χ0) is 17.9. The molecule has 1 saturated heterocycles. The van der Waals surface area contributed by atoms with E-state index in [9.17, 15) is 13.2 Å². The molecular formula is C18H19ClN2O3S. The van der Waals surface area contributed by atoms with Crippen LogP contribution in [0.1, 0.15) is 12.0 Å². The van der Waals surface area contributed by atoms with Crippen molar-refractivity contribution in [2.24, 2.45) is 5.92 Å². The lowest BCUT2D eigenvalue weighted by molar-refractivity contribution is -0.128. The number of benzene rings is 2. The van der Waals surface area contributed by atoms with Crippen LogP contribution in [0, 0.1) is 5.92 Å². The first-order valence-electron chi connectivity index (χ1n) is 8.01. The standard InChI is InChI=1S/C18H19ClN2O3S/c19-16-7-4-8-17(10-16)25(23,24)20-11-15-9-18(22)21(13-15)12-14-5-2-1-3-6-14/h1-8,10,15,20H,9,11-13H2. The van der Waals surface area contributed by atoms with Crippen molar-refractivity contribution in [1.82, 2.24) is 9.62 Å². The van der Waals surface area contributed by atoms with Crippen LogP contribution in [-0.4, -0.2) is 32.3 Å². The summed E-state index contributed by atoms with van der Waals surface area (Å²) in [5.41, 5.74) is 1.07. The third-order valence-corrected chi connectivity index (χ3v) is 5.84. The van der Waals surface area contributed by atoms with Crippen molar-refractivity contribution in [2.45, 2.75) is 17.9 Å². The molecule has 1 heterocycles. The Hall–Kier alpha value is -1.89. The van der Waals surface area contributed by atoms with Crippen molar-refractivity contribution in [3.8, 4) is 0 Å². The molecule has 0 aliphatic carbocycles. The second-order valence-corrected chi connectivity index (χ2v) is 8.34. The monoisotopic (exact) mass is 378 g/mol. The minimum Gasteiger partial charge on any atom is -0.338 e. The van der Waals surface area contributed by atoms with Crippen molar-refractivity contribution < 1.29 is 13.2 Å². The van der Waals surface area contributed by atoms with Crippen molar-refractivity contribution in [2.75, 3.05) is 13.1 Å². The highest BCUT2D eigenvalue weighted by atomic mass is 35.5. The van der Waals surface area contributed by atoms with Crippen LogP contribution in [0.2, 0.25) is 5.02 Å². The van der Waals surface area contributed by atoms with E-state index >= 15 is 0 Å².